The second-order valence-corrected chi connectivity index (χ2v) is 20.5. The standard InChI is InChI=1S/C55H66N2O4/c1-37-13-12-25-53(3)50(47-23-21-39(30-45(58)22-20-37)31-49(47)51(59)48-19-11-10-18-46(48)44-16-8-5-9-17-44)24-26-55(53,61)36-57(52(60)56-38(2)43-14-6-4-7-15-43)35-54-32-40-27-41(33-54)29-42(28-40)34-54/h4-11,13-19,21,23,31,38,40-42,45,50,58,61H,12,20,22,24-30,32-36H2,1-3H3,(H,56,60)/t38-,40?,41?,42?,45+,50+,53+,54?,55-/m1/s1. The predicted octanol–water partition coefficient (Wildman–Crippen LogP) is 11.6. The van der Waals surface area contributed by atoms with E-state index in [9.17, 15) is 15.0 Å². The lowest BCUT2D eigenvalue weighted by atomic mass is 9.49. The van der Waals surface area contributed by atoms with Crippen LogP contribution < -0.4 is 5.32 Å². The van der Waals surface area contributed by atoms with E-state index in [1.807, 2.05) is 83.8 Å². The van der Waals surface area contributed by atoms with E-state index in [1.54, 1.807) is 0 Å². The number of nitrogens with zero attached hydrogens (tertiary/aromatic N) is 1. The molecule has 61 heavy (non-hydrogen) atoms. The molecule has 0 saturated heterocycles. The molecule has 320 valence electrons. The zero-order valence-electron chi connectivity index (χ0n) is 36.6. The first kappa shape index (κ1) is 41.8. The molecule has 6 bridgehead atoms. The normalized spacial score (nSPS) is 31.2. The fraction of sp³-hybridized carbons (Fsp3) is 0.491. The van der Waals surface area contributed by atoms with Crippen LogP contribution in [0.25, 0.3) is 11.1 Å². The van der Waals surface area contributed by atoms with Crippen LogP contribution in [-0.2, 0) is 6.42 Å². The topological polar surface area (TPSA) is 89.9 Å². The molecule has 0 unspecified atom stereocenters. The average molecular weight is 819 g/mol. The van der Waals surface area contributed by atoms with Gasteiger partial charge in [-0.3, -0.25) is 4.79 Å². The summed E-state index contributed by atoms with van der Waals surface area (Å²) in [5.74, 6) is 2.07. The maximum atomic E-state index is 15.2. The third-order valence-corrected chi connectivity index (χ3v) is 16.2. The van der Waals surface area contributed by atoms with E-state index in [2.05, 4.69) is 56.4 Å². The first-order valence-electron chi connectivity index (χ1n) is 23.4. The van der Waals surface area contributed by atoms with Crippen molar-refractivity contribution in [2.75, 3.05) is 13.1 Å². The van der Waals surface area contributed by atoms with E-state index >= 15 is 4.79 Å². The number of urea groups is 1. The highest BCUT2D eigenvalue weighted by molar-refractivity contribution is 6.13. The lowest BCUT2D eigenvalue weighted by molar-refractivity contribution is -0.0985. The van der Waals surface area contributed by atoms with Crippen molar-refractivity contribution >= 4 is 11.8 Å². The molecule has 6 heteroatoms. The molecule has 3 N–H and O–H groups in total. The summed E-state index contributed by atoms with van der Waals surface area (Å²) in [7, 11) is 0. The molecule has 5 atom stereocenters. The van der Waals surface area contributed by atoms with E-state index in [0.717, 1.165) is 58.4 Å². The fourth-order valence-electron chi connectivity index (χ4n) is 13.4. The van der Waals surface area contributed by atoms with Gasteiger partial charge in [0, 0.05) is 23.1 Å². The number of allylic oxidation sites excluding steroid dienone is 2. The zero-order chi connectivity index (χ0) is 42.4. The molecule has 5 saturated carbocycles. The first-order chi connectivity index (χ1) is 29.4. The summed E-state index contributed by atoms with van der Waals surface area (Å²) in [6.45, 7) is 7.38. The molecule has 6 nitrogen and oxygen atoms in total. The lowest BCUT2D eigenvalue weighted by Crippen LogP contribution is -2.59. The minimum atomic E-state index is -1.21. The molecule has 7 aliphatic rings. The summed E-state index contributed by atoms with van der Waals surface area (Å²) in [6, 6.07) is 34.1. The molecule has 11 rings (SSSR count). The Labute approximate surface area is 363 Å². The van der Waals surface area contributed by atoms with Gasteiger partial charge in [-0.1, -0.05) is 116 Å². The van der Waals surface area contributed by atoms with Gasteiger partial charge in [-0.05, 0) is 160 Å². The van der Waals surface area contributed by atoms with Gasteiger partial charge in [0.15, 0.2) is 5.78 Å². The quantitative estimate of drug-likeness (QED) is 0.116. The highest BCUT2D eigenvalue weighted by Crippen LogP contribution is 2.62. The Hall–Kier alpha value is -4.52. The number of carbonyl (C=O) groups is 2. The zero-order valence-corrected chi connectivity index (χ0v) is 36.6. The Kier molecular flexibility index (Phi) is 11.6. The van der Waals surface area contributed by atoms with E-state index in [0.29, 0.717) is 49.8 Å². The van der Waals surface area contributed by atoms with Crippen molar-refractivity contribution in [2.24, 2.45) is 28.6 Å². The Balaban J connectivity index is 1.11. The number of fused-ring (bicyclic) bond motifs is 8. The number of carbonyl (C=O) groups excluding carboxylic acids is 2. The highest BCUT2D eigenvalue weighted by atomic mass is 16.3. The summed E-state index contributed by atoms with van der Waals surface area (Å²) in [4.78, 5) is 32.1. The van der Waals surface area contributed by atoms with Crippen LogP contribution in [0.5, 0.6) is 0 Å². The van der Waals surface area contributed by atoms with Crippen molar-refractivity contribution in [3.05, 3.63) is 143 Å². The van der Waals surface area contributed by atoms with E-state index in [1.165, 1.54) is 44.1 Å². The van der Waals surface area contributed by atoms with Crippen LogP contribution in [0.1, 0.15) is 142 Å². The van der Waals surface area contributed by atoms with Gasteiger partial charge in [-0.15, -0.1) is 0 Å². The van der Waals surface area contributed by atoms with Crippen molar-refractivity contribution < 1.29 is 19.8 Å². The molecule has 0 aliphatic heterocycles. The monoisotopic (exact) mass is 819 g/mol. The summed E-state index contributed by atoms with van der Waals surface area (Å²) >= 11 is 0. The van der Waals surface area contributed by atoms with Gasteiger partial charge in [0.05, 0.1) is 24.3 Å². The lowest BCUT2D eigenvalue weighted by Gasteiger charge is -2.58. The molecular weight excluding hydrogens is 753 g/mol. The summed E-state index contributed by atoms with van der Waals surface area (Å²) in [6.07, 6.45) is 13.9. The van der Waals surface area contributed by atoms with Crippen LogP contribution in [0.15, 0.2) is 115 Å². The summed E-state index contributed by atoms with van der Waals surface area (Å²) in [5, 5.41) is 28.2. The number of aliphatic hydroxyl groups is 2. The number of aliphatic hydroxyl groups excluding tert-OH is 1. The van der Waals surface area contributed by atoms with E-state index in [4.69, 9.17) is 0 Å². The predicted molar refractivity (Wildman–Crippen MR) is 244 cm³/mol. The molecule has 0 radical (unpaired) electrons. The molecule has 4 aromatic rings. The number of hydrogen-bond donors (Lipinski definition) is 3. The Bertz CT molecular complexity index is 2210. The van der Waals surface area contributed by atoms with Crippen molar-refractivity contribution in [3.63, 3.8) is 0 Å². The van der Waals surface area contributed by atoms with E-state index in [-0.39, 0.29) is 35.7 Å². The average Bonchev–Trinajstić information content (AvgIpc) is 3.50. The summed E-state index contributed by atoms with van der Waals surface area (Å²) < 4.78 is 0. The SMILES string of the molecule is CC1=CCC[C@@]2(C)[C@@H](CC[C@@]2(O)CN(CC23CC4CC(CC(C4)C2)C3)C(=O)N[C@H](C)c2ccccc2)c2ccc(cc2C(=O)c2ccccc2-c2ccccc2)C[C@@H](O)CC1. The van der Waals surface area contributed by atoms with Crippen molar-refractivity contribution in [3.8, 4) is 11.1 Å². The Morgan fingerprint density at radius 2 is 1.46 bits per heavy atom. The number of hydrogen-bond acceptors (Lipinski definition) is 4. The summed E-state index contributed by atoms with van der Waals surface area (Å²) in [5.41, 5.74) is 5.61. The van der Waals surface area contributed by atoms with Crippen LogP contribution in [-0.4, -0.2) is 51.7 Å². The van der Waals surface area contributed by atoms with Crippen LogP contribution in [0, 0.1) is 28.6 Å². The molecule has 0 spiro atoms. The Morgan fingerprint density at radius 1 is 0.803 bits per heavy atom. The maximum Gasteiger partial charge on any atom is 0.317 e. The molecule has 2 amide bonds. The van der Waals surface area contributed by atoms with Gasteiger partial charge in [0.25, 0.3) is 0 Å². The number of nitrogens with one attached hydrogen (secondary N) is 1. The van der Waals surface area contributed by atoms with Crippen LogP contribution in [0.2, 0.25) is 0 Å². The Morgan fingerprint density at radius 3 is 2.16 bits per heavy atom. The van der Waals surface area contributed by atoms with Gasteiger partial charge in [-0.2, -0.15) is 0 Å². The van der Waals surface area contributed by atoms with Gasteiger partial charge in [0.1, 0.15) is 0 Å². The van der Waals surface area contributed by atoms with Crippen molar-refractivity contribution in [2.45, 2.75) is 128 Å². The smallest absolute Gasteiger partial charge is 0.317 e. The van der Waals surface area contributed by atoms with Gasteiger partial charge in [-0.25, -0.2) is 4.79 Å². The number of benzene rings is 4. The van der Waals surface area contributed by atoms with Crippen molar-refractivity contribution in [1.29, 1.82) is 0 Å². The van der Waals surface area contributed by atoms with Crippen LogP contribution in [0.3, 0.4) is 0 Å². The number of rotatable bonds is 9. The molecule has 0 aromatic heterocycles. The number of ketones is 1. The minimum Gasteiger partial charge on any atom is -0.393 e. The maximum absolute atomic E-state index is 15.2. The van der Waals surface area contributed by atoms with Gasteiger partial charge >= 0.3 is 6.03 Å². The third kappa shape index (κ3) is 8.40. The van der Waals surface area contributed by atoms with Gasteiger partial charge in [0.2, 0.25) is 0 Å². The van der Waals surface area contributed by atoms with Crippen LogP contribution >= 0.6 is 0 Å². The molecule has 4 aromatic carbocycles. The largest absolute Gasteiger partial charge is 0.393 e. The second kappa shape index (κ2) is 17.0. The minimum absolute atomic E-state index is 0.0378. The molecule has 7 aliphatic carbocycles. The first-order valence-corrected chi connectivity index (χ1v) is 23.4. The van der Waals surface area contributed by atoms with Crippen LogP contribution in [0.4, 0.5) is 4.79 Å². The molecule has 5 fully saturated rings. The molecular formula is C55H66N2O4. The third-order valence-electron chi connectivity index (χ3n) is 16.2. The molecule has 0 heterocycles. The van der Waals surface area contributed by atoms with Gasteiger partial charge < -0.3 is 20.4 Å². The highest BCUT2D eigenvalue weighted by Gasteiger charge is 2.59. The fourth-order valence-corrected chi connectivity index (χ4v) is 13.4. The second-order valence-electron chi connectivity index (χ2n) is 20.5. The van der Waals surface area contributed by atoms with E-state index < -0.39 is 17.1 Å². The number of amides is 2. The van der Waals surface area contributed by atoms with Crippen molar-refractivity contribution in [1.82, 2.24) is 10.2 Å².